The molecule has 278 valence electrons. The molecular weight excluding hydrogens is 790 g/mol. The van der Waals surface area contributed by atoms with Gasteiger partial charge in [-0.3, -0.25) is 18.6 Å². The maximum absolute atomic E-state index is 14.3. The van der Waals surface area contributed by atoms with Gasteiger partial charge in [-0.25, -0.2) is 4.79 Å². The van der Waals surface area contributed by atoms with E-state index < -0.39 is 110 Å². The molecule has 0 aromatic heterocycles. The molecule has 1 amide bonds. The van der Waals surface area contributed by atoms with Gasteiger partial charge in [0.25, 0.3) is 5.91 Å². The zero-order valence-corrected chi connectivity index (χ0v) is 26.4. The number of benzene rings is 1. The number of alkyl halides is 12. The maximum Gasteiger partial charge on any atom is 0.450 e. The van der Waals surface area contributed by atoms with Crippen molar-refractivity contribution >= 4 is 54.2 Å². The predicted molar refractivity (Wildman–Crippen MR) is 134 cm³/mol. The van der Waals surface area contributed by atoms with E-state index >= 15 is 0 Å². The lowest BCUT2D eigenvalue weighted by atomic mass is 10.1. The second kappa shape index (κ2) is 12.8. The zero-order valence-electron chi connectivity index (χ0n) is 23.1. The van der Waals surface area contributed by atoms with Crippen molar-refractivity contribution in [2.75, 3.05) is 0 Å². The van der Waals surface area contributed by atoms with Gasteiger partial charge in [0.05, 0.1) is 5.56 Å². The second-order valence-corrected chi connectivity index (χ2v) is 14.9. The molecule has 3 N–H and O–H groups in total. The van der Waals surface area contributed by atoms with Crippen molar-refractivity contribution < 1.29 is 106 Å². The molecule has 13 nitrogen and oxygen atoms in total. The van der Waals surface area contributed by atoms with Crippen molar-refractivity contribution in [3.05, 3.63) is 29.3 Å². The van der Waals surface area contributed by atoms with Crippen molar-refractivity contribution in [2.45, 2.75) is 65.7 Å². The molecular formula is C19H17F12NO12S4. The van der Waals surface area contributed by atoms with Gasteiger partial charge in [-0.2, -0.15) is 77.9 Å². The molecule has 1 rings (SSSR count). The summed E-state index contributed by atoms with van der Waals surface area (Å²) in [6.07, 6.45) is -0.0337. The van der Waals surface area contributed by atoms with Crippen LogP contribution in [0.1, 0.15) is 47.9 Å². The molecule has 0 spiro atoms. The van der Waals surface area contributed by atoms with Gasteiger partial charge in [-0.1, -0.05) is 6.92 Å². The first-order chi connectivity index (χ1) is 20.9. The number of halogens is 12. The Morgan fingerprint density at radius 1 is 0.729 bits per heavy atom. The largest absolute Gasteiger partial charge is 0.456 e. The van der Waals surface area contributed by atoms with E-state index in [1.807, 2.05) is 0 Å². The minimum atomic E-state index is -7.63. The van der Waals surface area contributed by atoms with Crippen molar-refractivity contribution in [1.29, 1.82) is 0 Å². The van der Waals surface area contributed by atoms with Gasteiger partial charge in [0.1, 0.15) is 11.4 Å². The highest BCUT2D eigenvalue weighted by atomic mass is 32.2. The monoisotopic (exact) mass is 807 g/mol. The smallest absolute Gasteiger partial charge is 0.450 e. The lowest BCUT2D eigenvalue weighted by Gasteiger charge is -2.30. The standard InChI is InChI=1S/C19H17F12NO12S4/c1-4-13(2,3)43-12(34)9-5-8(11(33)32-45-16(24,25)14(20,21)17(26,27)46(35,36)37)6-10(7-9)44-48(41,42)19(30,31)15(22,23)18(28,29)47(38,39)40/h5-7H,4H2,1-3H3,(H,32,33)(H,35,36,37)(H,38,39,40). The van der Waals surface area contributed by atoms with Crippen molar-refractivity contribution in [2.24, 2.45) is 0 Å². The summed E-state index contributed by atoms with van der Waals surface area (Å²) in [4.78, 5) is 25.0. The molecule has 0 saturated carbocycles. The third-order valence-electron chi connectivity index (χ3n) is 5.53. The number of rotatable bonds is 15. The van der Waals surface area contributed by atoms with Gasteiger partial charge in [0.2, 0.25) is 0 Å². The quantitative estimate of drug-likeness (QED) is 0.0733. The van der Waals surface area contributed by atoms with Crippen LogP contribution >= 0.6 is 11.9 Å². The van der Waals surface area contributed by atoms with E-state index in [2.05, 4.69) is 4.18 Å². The average molecular weight is 808 g/mol. The number of nitrogens with one attached hydrogen (secondary N) is 1. The topological polar surface area (TPSA) is 208 Å². The van der Waals surface area contributed by atoms with Gasteiger partial charge in [-0.15, -0.1) is 0 Å². The first-order valence-electron chi connectivity index (χ1n) is 11.4. The van der Waals surface area contributed by atoms with E-state index in [1.54, 1.807) is 0 Å². The Kier molecular flexibility index (Phi) is 11.6. The minimum Gasteiger partial charge on any atom is -0.456 e. The number of esters is 1. The summed E-state index contributed by atoms with van der Waals surface area (Å²) >= 11 is -2.01. The van der Waals surface area contributed by atoms with Crippen LogP contribution in [-0.2, 0) is 35.1 Å². The van der Waals surface area contributed by atoms with Crippen LogP contribution in [0.15, 0.2) is 18.2 Å². The van der Waals surface area contributed by atoms with Crippen LogP contribution in [0, 0.1) is 0 Å². The molecule has 48 heavy (non-hydrogen) atoms. The third-order valence-corrected chi connectivity index (χ3v) is 9.43. The lowest BCUT2D eigenvalue weighted by Crippen LogP contribution is -2.61. The molecule has 0 saturated heterocycles. The van der Waals surface area contributed by atoms with Crippen molar-refractivity contribution in [3.8, 4) is 5.75 Å². The zero-order chi connectivity index (χ0) is 38.5. The maximum atomic E-state index is 14.3. The fraction of sp³-hybridized carbons (Fsp3) is 0.579. The fourth-order valence-electron chi connectivity index (χ4n) is 2.51. The molecule has 0 bridgehead atoms. The number of ether oxygens (including phenoxy) is 1. The summed E-state index contributed by atoms with van der Waals surface area (Å²) in [7, 11) is -22.4. The molecule has 1 aromatic carbocycles. The summed E-state index contributed by atoms with van der Waals surface area (Å²) in [5.41, 5.74) is -4.29. The minimum absolute atomic E-state index is 0.0337. The van der Waals surface area contributed by atoms with E-state index in [-0.39, 0.29) is 24.6 Å². The fourth-order valence-corrected chi connectivity index (χ4v) is 5.04. The van der Waals surface area contributed by atoms with Crippen LogP contribution in [-0.4, -0.2) is 84.7 Å². The van der Waals surface area contributed by atoms with Crippen molar-refractivity contribution in [1.82, 2.24) is 4.72 Å². The van der Waals surface area contributed by atoms with E-state index in [0.717, 1.165) is 0 Å². The number of carbonyl (C=O) groups is 2. The summed E-state index contributed by atoms with van der Waals surface area (Å²) in [6.45, 7) is 3.78. The van der Waals surface area contributed by atoms with Crippen LogP contribution in [0.4, 0.5) is 52.7 Å². The Hall–Kier alpha value is -2.76. The van der Waals surface area contributed by atoms with Gasteiger partial charge < -0.3 is 8.92 Å². The molecule has 0 aliphatic rings. The van der Waals surface area contributed by atoms with E-state index in [0.29, 0.717) is 4.72 Å². The predicted octanol–water partition coefficient (Wildman–Crippen LogP) is 4.54. The molecule has 0 heterocycles. The van der Waals surface area contributed by atoms with Gasteiger partial charge >= 0.3 is 69.2 Å². The van der Waals surface area contributed by atoms with Crippen molar-refractivity contribution in [3.63, 3.8) is 0 Å². The SMILES string of the molecule is CCC(C)(C)OC(=O)c1cc(OS(=O)(=O)C(F)(F)C(F)(F)C(F)(F)S(=O)(=O)O)cc(C(=O)NSC(F)(F)C(F)(F)C(F)(F)S(=O)(=O)O)c1. The second-order valence-electron chi connectivity index (χ2n) is 9.49. The Labute approximate surface area is 265 Å². The third kappa shape index (κ3) is 7.83. The Morgan fingerprint density at radius 2 is 1.15 bits per heavy atom. The molecule has 0 radical (unpaired) electrons. The lowest BCUT2D eigenvalue weighted by molar-refractivity contribution is -0.247. The number of amides is 1. The van der Waals surface area contributed by atoms with E-state index in [4.69, 9.17) is 13.8 Å². The molecule has 29 heteroatoms. The summed E-state index contributed by atoms with van der Waals surface area (Å²) in [5.74, 6) is -20.6. The summed E-state index contributed by atoms with van der Waals surface area (Å²) < 4.78 is 257. The normalized spacial score (nSPS) is 14.8. The number of carbonyl (C=O) groups excluding carboxylic acids is 2. The first-order valence-corrected chi connectivity index (χ1v) is 16.5. The highest BCUT2D eigenvalue weighted by Crippen LogP contribution is 2.53. The average Bonchev–Trinajstić information content (AvgIpc) is 2.89. The number of hydrogen-bond acceptors (Lipinski definition) is 11. The molecule has 0 unspecified atom stereocenters. The Bertz CT molecular complexity index is 1770. The highest BCUT2D eigenvalue weighted by Gasteiger charge is 2.83. The first kappa shape index (κ1) is 43.3. The van der Waals surface area contributed by atoms with E-state index in [1.165, 1.54) is 20.8 Å². The van der Waals surface area contributed by atoms with Crippen LogP contribution in [0.2, 0.25) is 0 Å². The Morgan fingerprint density at radius 3 is 1.56 bits per heavy atom. The van der Waals surface area contributed by atoms with Crippen LogP contribution in [0.25, 0.3) is 0 Å². The molecule has 0 atom stereocenters. The van der Waals surface area contributed by atoms with E-state index in [9.17, 15) is 87.5 Å². The summed E-state index contributed by atoms with van der Waals surface area (Å²) in [6, 6.07) is -0.181. The highest BCUT2D eigenvalue weighted by molar-refractivity contribution is 7.99. The summed E-state index contributed by atoms with van der Waals surface area (Å²) in [5, 5.41) is -27.8. The van der Waals surface area contributed by atoms with Gasteiger partial charge in [0.15, 0.2) is 0 Å². The van der Waals surface area contributed by atoms with Gasteiger partial charge in [0, 0.05) is 17.5 Å². The van der Waals surface area contributed by atoms with Crippen LogP contribution in [0.5, 0.6) is 5.75 Å². The molecule has 0 fully saturated rings. The van der Waals surface area contributed by atoms with Crippen LogP contribution in [0.3, 0.4) is 0 Å². The molecule has 1 aromatic rings. The Balaban J connectivity index is 3.75. The van der Waals surface area contributed by atoms with Gasteiger partial charge in [-0.05, 0) is 38.5 Å². The molecule has 0 aliphatic carbocycles. The molecule has 0 aliphatic heterocycles. The number of hydrogen-bond donors (Lipinski definition) is 3. The van der Waals surface area contributed by atoms with Crippen LogP contribution < -0.4 is 8.91 Å².